The van der Waals surface area contributed by atoms with Gasteiger partial charge in [-0.2, -0.15) is 5.10 Å². The van der Waals surface area contributed by atoms with Crippen molar-refractivity contribution in [1.82, 2.24) is 25.1 Å². The van der Waals surface area contributed by atoms with Crippen LogP contribution in [0.1, 0.15) is 13.8 Å². The molecule has 0 unspecified atom stereocenters. The minimum absolute atomic E-state index is 0.107. The van der Waals surface area contributed by atoms with E-state index in [2.05, 4.69) is 31.0 Å². The number of pyridine rings is 1. The van der Waals surface area contributed by atoms with E-state index >= 15 is 0 Å². The fraction of sp³-hybridized carbons (Fsp3) is 0.211. The number of urea groups is 1. The molecule has 0 bridgehead atoms. The first-order valence-electron chi connectivity index (χ1n) is 8.77. The Labute approximate surface area is 162 Å². The van der Waals surface area contributed by atoms with Gasteiger partial charge in [-0.15, -0.1) is 0 Å². The first kappa shape index (κ1) is 19.0. The molecule has 0 saturated carbocycles. The predicted molar refractivity (Wildman–Crippen MR) is 105 cm³/mol. The molecule has 9 nitrogen and oxygen atoms in total. The maximum absolute atomic E-state index is 12.6. The van der Waals surface area contributed by atoms with Crippen LogP contribution in [-0.2, 0) is 4.79 Å². The van der Waals surface area contributed by atoms with Gasteiger partial charge >= 0.3 is 6.03 Å². The predicted octanol–water partition coefficient (Wildman–Crippen LogP) is 2.45. The number of rotatable bonds is 6. The van der Waals surface area contributed by atoms with Gasteiger partial charge in [0.1, 0.15) is 18.7 Å². The molecule has 9 heteroatoms. The highest BCUT2D eigenvalue weighted by molar-refractivity contribution is 5.99. The number of hydrogen-bond donors (Lipinski definition) is 3. The standard InChI is InChI=1S/C19H21N7O2/c1-13(2)17(25-19(28)24-14-6-4-3-5-7-14)18(27)23-15-8-9-16(21-10-15)26-12-20-11-22-26/h3-13,17H,1-2H3,(H,23,27)(H2,24,25,28)/t17-/m0/s1. The molecule has 0 aliphatic rings. The SMILES string of the molecule is CC(C)[C@H](NC(=O)Nc1ccccc1)C(=O)Nc1ccc(-n2cncn2)nc1. The Hall–Kier alpha value is -3.75. The zero-order chi connectivity index (χ0) is 19.9. The summed E-state index contributed by atoms with van der Waals surface area (Å²) in [5.41, 5.74) is 1.17. The molecule has 0 aliphatic heterocycles. The molecule has 0 fully saturated rings. The fourth-order valence-corrected chi connectivity index (χ4v) is 2.51. The minimum atomic E-state index is -0.710. The van der Waals surface area contributed by atoms with E-state index in [1.165, 1.54) is 23.5 Å². The molecule has 1 atom stereocenters. The van der Waals surface area contributed by atoms with E-state index in [0.29, 0.717) is 17.2 Å². The fourth-order valence-electron chi connectivity index (χ4n) is 2.51. The number of para-hydroxylation sites is 1. The molecule has 3 amide bonds. The maximum Gasteiger partial charge on any atom is 0.319 e. The van der Waals surface area contributed by atoms with E-state index in [0.717, 1.165) is 0 Å². The van der Waals surface area contributed by atoms with Crippen LogP contribution in [0.3, 0.4) is 0 Å². The number of nitrogens with one attached hydrogen (secondary N) is 3. The molecule has 0 aliphatic carbocycles. The van der Waals surface area contributed by atoms with E-state index in [-0.39, 0.29) is 11.8 Å². The first-order chi connectivity index (χ1) is 13.5. The maximum atomic E-state index is 12.6. The van der Waals surface area contributed by atoms with Crippen molar-refractivity contribution in [2.24, 2.45) is 5.92 Å². The molecule has 2 aromatic heterocycles. The number of hydrogen-bond acceptors (Lipinski definition) is 5. The Bertz CT molecular complexity index is 909. The van der Waals surface area contributed by atoms with Crippen molar-refractivity contribution in [1.29, 1.82) is 0 Å². The summed E-state index contributed by atoms with van der Waals surface area (Å²) in [7, 11) is 0. The molecule has 28 heavy (non-hydrogen) atoms. The Morgan fingerprint density at radius 3 is 2.39 bits per heavy atom. The van der Waals surface area contributed by atoms with Gasteiger partial charge in [0.2, 0.25) is 5.91 Å². The average Bonchev–Trinajstić information content (AvgIpc) is 3.22. The third-order valence-corrected chi connectivity index (χ3v) is 3.94. The highest BCUT2D eigenvalue weighted by Gasteiger charge is 2.24. The Morgan fingerprint density at radius 2 is 1.79 bits per heavy atom. The number of amides is 3. The Kier molecular flexibility index (Phi) is 5.95. The van der Waals surface area contributed by atoms with Gasteiger partial charge in [0.05, 0.1) is 11.9 Å². The molecule has 0 radical (unpaired) electrons. The van der Waals surface area contributed by atoms with Gasteiger partial charge in [-0.3, -0.25) is 4.79 Å². The summed E-state index contributed by atoms with van der Waals surface area (Å²) >= 11 is 0. The number of anilines is 2. The monoisotopic (exact) mass is 379 g/mol. The van der Waals surface area contributed by atoms with Gasteiger partial charge in [0.15, 0.2) is 5.82 Å². The zero-order valence-corrected chi connectivity index (χ0v) is 15.5. The van der Waals surface area contributed by atoms with E-state index in [1.807, 2.05) is 32.0 Å². The molecular weight excluding hydrogens is 358 g/mol. The van der Waals surface area contributed by atoms with Crippen LogP contribution < -0.4 is 16.0 Å². The van der Waals surface area contributed by atoms with Crippen molar-refractivity contribution in [3.8, 4) is 5.82 Å². The summed E-state index contributed by atoms with van der Waals surface area (Å²) in [5, 5.41) is 12.2. The number of carbonyl (C=O) groups is 2. The summed E-state index contributed by atoms with van der Waals surface area (Å²) < 4.78 is 1.51. The lowest BCUT2D eigenvalue weighted by Gasteiger charge is -2.22. The number of aromatic nitrogens is 4. The van der Waals surface area contributed by atoms with Crippen LogP contribution in [0.15, 0.2) is 61.3 Å². The third kappa shape index (κ3) is 4.91. The second kappa shape index (κ2) is 8.76. The second-order valence-electron chi connectivity index (χ2n) is 6.42. The van der Waals surface area contributed by atoms with Crippen LogP contribution >= 0.6 is 0 Å². The lowest BCUT2D eigenvalue weighted by molar-refractivity contribution is -0.118. The largest absolute Gasteiger partial charge is 0.326 e. The minimum Gasteiger partial charge on any atom is -0.326 e. The van der Waals surface area contributed by atoms with E-state index < -0.39 is 12.1 Å². The molecule has 1 aromatic carbocycles. The molecule has 0 saturated heterocycles. The van der Waals surface area contributed by atoms with Crippen molar-refractivity contribution < 1.29 is 9.59 Å². The molecule has 0 spiro atoms. The summed E-state index contributed by atoms with van der Waals surface area (Å²) in [5.74, 6) is 0.147. The van der Waals surface area contributed by atoms with Gasteiger partial charge in [-0.1, -0.05) is 32.0 Å². The van der Waals surface area contributed by atoms with Crippen LogP contribution in [0.5, 0.6) is 0 Å². The average molecular weight is 379 g/mol. The van der Waals surface area contributed by atoms with Gasteiger partial charge in [-0.25, -0.2) is 19.4 Å². The zero-order valence-electron chi connectivity index (χ0n) is 15.5. The molecular formula is C19H21N7O2. The third-order valence-electron chi connectivity index (χ3n) is 3.94. The van der Waals surface area contributed by atoms with Gasteiger partial charge in [-0.05, 0) is 30.2 Å². The molecule has 2 heterocycles. The molecule has 3 N–H and O–H groups in total. The van der Waals surface area contributed by atoms with Gasteiger partial charge in [0, 0.05) is 5.69 Å². The number of carbonyl (C=O) groups excluding carboxylic acids is 2. The van der Waals surface area contributed by atoms with Crippen molar-refractivity contribution in [3.05, 3.63) is 61.3 Å². The van der Waals surface area contributed by atoms with E-state index in [4.69, 9.17) is 0 Å². The van der Waals surface area contributed by atoms with E-state index in [9.17, 15) is 9.59 Å². The van der Waals surface area contributed by atoms with Crippen molar-refractivity contribution >= 4 is 23.3 Å². The second-order valence-corrected chi connectivity index (χ2v) is 6.42. The summed E-state index contributed by atoms with van der Waals surface area (Å²) in [4.78, 5) is 33.0. The number of nitrogens with zero attached hydrogens (tertiary/aromatic N) is 4. The first-order valence-corrected chi connectivity index (χ1v) is 8.77. The lowest BCUT2D eigenvalue weighted by Crippen LogP contribution is -2.48. The summed E-state index contributed by atoms with van der Waals surface area (Å²) in [6.45, 7) is 3.72. The normalized spacial score (nSPS) is 11.7. The van der Waals surface area contributed by atoms with Crippen LogP contribution in [0.2, 0.25) is 0 Å². The molecule has 3 rings (SSSR count). The molecule has 144 valence electrons. The Balaban J connectivity index is 1.62. The number of benzene rings is 1. The van der Waals surface area contributed by atoms with Gasteiger partial charge in [0.25, 0.3) is 0 Å². The quantitative estimate of drug-likeness (QED) is 0.609. The summed E-state index contributed by atoms with van der Waals surface area (Å²) in [6, 6.07) is 11.3. The lowest BCUT2D eigenvalue weighted by atomic mass is 10.0. The molecule has 3 aromatic rings. The van der Waals surface area contributed by atoms with Crippen molar-refractivity contribution in [2.75, 3.05) is 10.6 Å². The van der Waals surface area contributed by atoms with Crippen LogP contribution in [0.25, 0.3) is 5.82 Å². The smallest absolute Gasteiger partial charge is 0.319 e. The topological polar surface area (TPSA) is 114 Å². The van der Waals surface area contributed by atoms with Gasteiger partial charge < -0.3 is 16.0 Å². The van der Waals surface area contributed by atoms with Crippen LogP contribution in [0.4, 0.5) is 16.2 Å². The van der Waals surface area contributed by atoms with Crippen molar-refractivity contribution in [2.45, 2.75) is 19.9 Å². The Morgan fingerprint density at radius 1 is 1.00 bits per heavy atom. The van der Waals surface area contributed by atoms with E-state index in [1.54, 1.807) is 24.3 Å². The summed E-state index contributed by atoms with van der Waals surface area (Å²) in [6.07, 6.45) is 4.47. The highest BCUT2D eigenvalue weighted by Crippen LogP contribution is 2.12. The van der Waals surface area contributed by atoms with Crippen LogP contribution in [-0.4, -0.2) is 37.7 Å². The highest BCUT2D eigenvalue weighted by atomic mass is 16.2. The van der Waals surface area contributed by atoms with Crippen LogP contribution in [0, 0.1) is 5.92 Å². The van der Waals surface area contributed by atoms with Crippen molar-refractivity contribution in [3.63, 3.8) is 0 Å².